The highest BCUT2D eigenvalue weighted by molar-refractivity contribution is 6.31. The molecule has 24 heavy (non-hydrogen) atoms. The number of aromatic amines is 1. The van der Waals surface area contributed by atoms with Gasteiger partial charge in [-0.15, -0.1) is 0 Å². The molecule has 0 aliphatic heterocycles. The molecule has 0 spiro atoms. The number of nitrogens with one attached hydrogen (secondary N) is 2. The predicted molar refractivity (Wildman–Crippen MR) is 92.5 cm³/mol. The van der Waals surface area contributed by atoms with Crippen LogP contribution in [0.25, 0.3) is 10.9 Å². The van der Waals surface area contributed by atoms with Gasteiger partial charge in [0.15, 0.2) is 0 Å². The molecule has 122 valence electrons. The molecule has 0 radical (unpaired) electrons. The molecule has 1 heterocycles. The number of halogens is 2. The molecule has 3 nitrogen and oxygen atoms in total. The molecule has 1 saturated carbocycles. The van der Waals surface area contributed by atoms with Crippen molar-refractivity contribution < 1.29 is 9.18 Å². The molecule has 1 aromatic heterocycles. The highest BCUT2D eigenvalue weighted by Gasteiger charge is 2.52. The number of fused-ring (bicyclic) bond motifs is 1. The van der Waals surface area contributed by atoms with Crippen molar-refractivity contribution in [3.63, 3.8) is 0 Å². The van der Waals surface area contributed by atoms with Crippen LogP contribution in [-0.2, 0) is 16.8 Å². The summed E-state index contributed by atoms with van der Waals surface area (Å²) in [7, 11) is 0. The highest BCUT2D eigenvalue weighted by Crippen LogP contribution is 2.50. The van der Waals surface area contributed by atoms with Crippen LogP contribution in [0.2, 0.25) is 5.02 Å². The number of carbonyl (C=O) groups is 1. The Balaban J connectivity index is 1.56. The van der Waals surface area contributed by atoms with Crippen LogP contribution in [0.3, 0.4) is 0 Å². The lowest BCUT2D eigenvalue weighted by atomic mass is 9.94. The van der Waals surface area contributed by atoms with Crippen molar-refractivity contribution in [3.8, 4) is 0 Å². The second-order valence-corrected chi connectivity index (χ2v) is 6.72. The summed E-state index contributed by atoms with van der Waals surface area (Å²) in [5.41, 5.74) is 2.37. The number of hydrogen-bond acceptors (Lipinski definition) is 1. The Hall–Kier alpha value is -2.33. The quantitative estimate of drug-likeness (QED) is 0.729. The lowest BCUT2D eigenvalue weighted by Crippen LogP contribution is -2.34. The lowest BCUT2D eigenvalue weighted by Gasteiger charge is -2.15. The van der Waals surface area contributed by atoms with Crippen molar-refractivity contribution in [1.82, 2.24) is 10.3 Å². The number of H-pyrrole nitrogens is 1. The van der Waals surface area contributed by atoms with E-state index in [2.05, 4.69) is 10.3 Å². The molecular formula is C19H16ClFN2O. The van der Waals surface area contributed by atoms with Gasteiger partial charge in [-0.05, 0) is 54.3 Å². The topological polar surface area (TPSA) is 44.9 Å². The monoisotopic (exact) mass is 342 g/mol. The lowest BCUT2D eigenvalue weighted by molar-refractivity contribution is -0.123. The number of benzene rings is 2. The van der Waals surface area contributed by atoms with Crippen LogP contribution < -0.4 is 5.32 Å². The van der Waals surface area contributed by atoms with Gasteiger partial charge >= 0.3 is 0 Å². The predicted octanol–water partition coefficient (Wildman–Crippen LogP) is 4.31. The SMILES string of the molecule is O=C(NCc1ccc(F)cc1)C1(c2c[nH]c3ccc(Cl)cc23)CC1. The van der Waals surface area contributed by atoms with Crippen LogP contribution in [0.15, 0.2) is 48.7 Å². The Kier molecular flexibility index (Phi) is 3.57. The average molecular weight is 343 g/mol. The Morgan fingerprint density at radius 2 is 1.96 bits per heavy atom. The molecule has 2 aromatic carbocycles. The van der Waals surface area contributed by atoms with Gasteiger partial charge < -0.3 is 10.3 Å². The molecule has 1 aliphatic rings. The maximum Gasteiger partial charge on any atom is 0.231 e. The largest absolute Gasteiger partial charge is 0.361 e. The zero-order chi connectivity index (χ0) is 16.7. The maximum atomic E-state index is 12.9. The van der Waals surface area contributed by atoms with Crippen LogP contribution in [0.4, 0.5) is 4.39 Å². The fraction of sp³-hybridized carbons (Fsp3) is 0.211. The van der Waals surface area contributed by atoms with Gasteiger partial charge in [-0.2, -0.15) is 0 Å². The standard InChI is InChI=1S/C19H16ClFN2O/c20-13-3-6-17-15(9-13)16(11-22-17)19(7-8-19)18(24)23-10-12-1-4-14(21)5-2-12/h1-6,9,11,22H,7-8,10H2,(H,23,24). The summed E-state index contributed by atoms with van der Waals surface area (Å²) in [5, 5.41) is 4.64. The molecule has 0 bridgehead atoms. The van der Waals surface area contributed by atoms with Crippen LogP contribution in [0.1, 0.15) is 24.0 Å². The van der Waals surface area contributed by atoms with Crippen molar-refractivity contribution in [2.75, 3.05) is 0 Å². The first-order valence-electron chi connectivity index (χ1n) is 7.88. The van der Waals surface area contributed by atoms with E-state index in [1.54, 1.807) is 12.1 Å². The van der Waals surface area contributed by atoms with E-state index in [1.165, 1.54) is 12.1 Å². The zero-order valence-corrected chi connectivity index (χ0v) is 13.7. The minimum Gasteiger partial charge on any atom is -0.361 e. The molecule has 2 N–H and O–H groups in total. The Bertz CT molecular complexity index is 913. The Morgan fingerprint density at radius 3 is 2.67 bits per heavy atom. The summed E-state index contributed by atoms with van der Waals surface area (Å²) in [4.78, 5) is 16.0. The maximum absolute atomic E-state index is 12.9. The third-order valence-corrected chi connectivity index (χ3v) is 4.95. The van der Waals surface area contributed by atoms with Gasteiger partial charge in [0.1, 0.15) is 5.82 Å². The van der Waals surface area contributed by atoms with Gasteiger partial charge in [0.25, 0.3) is 0 Å². The van der Waals surface area contributed by atoms with Crippen molar-refractivity contribution in [2.45, 2.75) is 24.8 Å². The fourth-order valence-corrected chi connectivity index (χ4v) is 3.36. The molecule has 0 unspecified atom stereocenters. The minimum absolute atomic E-state index is 0.00713. The number of hydrogen-bond donors (Lipinski definition) is 2. The molecular weight excluding hydrogens is 327 g/mol. The molecule has 1 amide bonds. The van der Waals surface area contributed by atoms with E-state index in [0.717, 1.165) is 34.9 Å². The molecule has 1 fully saturated rings. The fourth-order valence-electron chi connectivity index (χ4n) is 3.19. The smallest absolute Gasteiger partial charge is 0.231 e. The second-order valence-electron chi connectivity index (χ2n) is 6.28. The molecule has 1 aliphatic carbocycles. The van der Waals surface area contributed by atoms with Gasteiger partial charge in [0.05, 0.1) is 5.41 Å². The van der Waals surface area contributed by atoms with Gasteiger partial charge in [-0.3, -0.25) is 4.79 Å². The van der Waals surface area contributed by atoms with Gasteiger partial charge in [-0.25, -0.2) is 4.39 Å². The van der Waals surface area contributed by atoms with E-state index in [0.29, 0.717) is 11.6 Å². The summed E-state index contributed by atoms with van der Waals surface area (Å²) in [6.45, 7) is 0.393. The summed E-state index contributed by atoms with van der Waals surface area (Å²) < 4.78 is 12.9. The average Bonchev–Trinajstić information content (AvgIpc) is 3.28. The summed E-state index contributed by atoms with van der Waals surface area (Å²) in [5.74, 6) is -0.271. The normalized spacial score (nSPS) is 15.4. The molecule has 5 heteroatoms. The number of rotatable bonds is 4. The highest BCUT2D eigenvalue weighted by atomic mass is 35.5. The first kappa shape index (κ1) is 15.2. The van der Waals surface area contributed by atoms with Crippen LogP contribution in [0.5, 0.6) is 0 Å². The van der Waals surface area contributed by atoms with E-state index in [9.17, 15) is 9.18 Å². The number of aromatic nitrogens is 1. The van der Waals surface area contributed by atoms with Crippen molar-refractivity contribution in [3.05, 3.63) is 70.6 Å². The molecule has 3 aromatic rings. The zero-order valence-electron chi connectivity index (χ0n) is 12.9. The van der Waals surface area contributed by atoms with Crippen LogP contribution in [-0.4, -0.2) is 10.9 Å². The van der Waals surface area contributed by atoms with Crippen molar-refractivity contribution in [2.24, 2.45) is 0 Å². The third kappa shape index (κ3) is 2.57. The summed E-state index contributed by atoms with van der Waals surface area (Å²) in [6.07, 6.45) is 3.55. The van der Waals surface area contributed by atoms with E-state index in [4.69, 9.17) is 11.6 Å². The third-order valence-electron chi connectivity index (χ3n) is 4.71. The van der Waals surface area contributed by atoms with E-state index in [-0.39, 0.29) is 11.7 Å². The Labute approximate surface area is 143 Å². The minimum atomic E-state index is -0.483. The summed E-state index contributed by atoms with van der Waals surface area (Å²) >= 11 is 6.11. The van der Waals surface area contributed by atoms with Crippen LogP contribution >= 0.6 is 11.6 Å². The summed E-state index contributed by atoms with van der Waals surface area (Å²) in [6, 6.07) is 11.8. The second kappa shape index (κ2) is 5.64. The van der Waals surface area contributed by atoms with E-state index < -0.39 is 5.41 Å². The van der Waals surface area contributed by atoms with Crippen molar-refractivity contribution in [1.29, 1.82) is 0 Å². The van der Waals surface area contributed by atoms with E-state index >= 15 is 0 Å². The molecule has 0 atom stereocenters. The van der Waals surface area contributed by atoms with E-state index in [1.807, 2.05) is 24.4 Å². The molecule has 4 rings (SSSR count). The van der Waals surface area contributed by atoms with Crippen molar-refractivity contribution >= 4 is 28.4 Å². The molecule has 0 saturated heterocycles. The van der Waals surface area contributed by atoms with Gasteiger partial charge in [0.2, 0.25) is 5.91 Å². The van der Waals surface area contributed by atoms with Crippen LogP contribution in [0, 0.1) is 5.82 Å². The van der Waals surface area contributed by atoms with Gasteiger partial charge in [-0.1, -0.05) is 23.7 Å². The number of amides is 1. The first-order valence-corrected chi connectivity index (χ1v) is 8.26. The Morgan fingerprint density at radius 1 is 1.21 bits per heavy atom. The first-order chi connectivity index (χ1) is 11.6. The number of carbonyl (C=O) groups excluding carboxylic acids is 1. The van der Waals surface area contributed by atoms with Gasteiger partial charge in [0, 0.05) is 28.7 Å².